The van der Waals surface area contributed by atoms with E-state index < -0.39 is 0 Å². The number of rotatable bonds is 5. The van der Waals surface area contributed by atoms with E-state index in [-0.39, 0.29) is 5.75 Å². The van der Waals surface area contributed by atoms with E-state index in [2.05, 4.69) is 16.7 Å². The Morgan fingerprint density at radius 1 is 0.852 bits per heavy atom. The molecular formula is C23H23ClN2O. The van der Waals surface area contributed by atoms with Gasteiger partial charge in [0.05, 0.1) is 10.7 Å². The van der Waals surface area contributed by atoms with E-state index in [1.165, 1.54) is 0 Å². The molecule has 0 heterocycles. The quantitative estimate of drug-likeness (QED) is 0.502. The van der Waals surface area contributed by atoms with Gasteiger partial charge in [-0.1, -0.05) is 47.5 Å². The summed E-state index contributed by atoms with van der Waals surface area (Å²) in [5, 5.41) is 17.6. The Balaban J connectivity index is 2.05. The second kappa shape index (κ2) is 8.19. The van der Waals surface area contributed by atoms with Crippen LogP contribution in [0.2, 0.25) is 5.02 Å². The molecule has 0 aromatic heterocycles. The molecular weight excluding hydrogens is 356 g/mol. The second-order valence-corrected chi connectivity index (χ2v) is 6.95. The molecule has 0 aliphatic rings. The molecule has 0 aliphatic carbocycles. The summed E-state index contributed by atoms with van der Waals surface area (Å²) in [4.78, 5) is 0. The lowest BCUT2D eigenvalue weighted by molar-refractivity contribution is 0.479. The molecule has 3 nitrogen and oxygen atoms in total. The number of phenolic OH excluding ortho intramolecular Hbond substituents is 1. The first-order valence-electron chi connectivity index (χ1n) is 8.79. The number of anilines is 1. The number of benzene rings is 3. The smallest absolute Gasteiger partial charge is 0.131 e. The van der Waals surface area contributed by atoms with Gasteiger partial charge in [-0.25, -0.2) is 0 Å². The van der Waals surface area contributed by atoms with Gasteiger partial charge in [-0.3, -0.25) is 0 Å². The second-order valence-electron chi connectivity index (χ2n) is 6.54. The van der Waals surface area contributed by atoms with Crippen molar-refractivity contribution in [3.63, 3.8) is 0 Å². The molecule has 3 aromatic carbocycles. The summed E-state index contributed by atoms with van der Waals surface area (Å²) in [6, 6.07) is 17.9. The zero-order valence-corrected chi connectivity index (χ0v) is 16.4. The van der Waals surface area contributed by atoms with E-state index in [1.807, 2.05) is 69.4 Å². The normalized spacial score (nSPS) is 11.0. The van der Waals surface area contributed by atoms with Crippen LogP contribution in [0.5, 0.6) is 5.75 Å². The molecule has 0 unspecified atom stereocenters. The Morgan fingerprint density at radius 3 is 2.19 bits per heavy atom. The number of aryl methyl sites for hydroxylation is 2. The van der Waals surface area contributed by atoms with Crippen LogP contribution in [0.4, 0.5) is 5.69 Å². The predicted molar refractivity (Wildman–Crippen MR) is 115 cm³/mol. The third kappa shape index (κ3) is 4.26. The van der Waals surface area contributed by atoms with Crippen LogP contribution in [0.3, 0.4) is 0 Å². The largest absolute Gasteiger partial charge is 0.507 e. The van der Waals surface area contributed by atoms with Crippen molar-refractivity contribution in [3.05, 3.63) is 83.1 Å². The van der Waals surface area contributed by atoms with Crippen LogP contribution < -0.4 is 10.6 Å². The van der Waals surface area contributed by atoms with Crippen molar-refractivity contribution in [2.24, 2.45) is 0 Å². The first-order chi connectivity index (χ1) is 13.0. The van der Waals surface area contributed by atoms with Crippen molar-refractivity contribution in [3.8, 4) is 28.0 Å². The Bertz CT molecular complexity index is 996. The molecule has 0 spiro atoms. The maximum atomic E-state index is 11.0. The van der Waals surface area contributed by atoms with Gasteiger partial charge < -0.3 is 15.7 Å². The summed E-state index contributed by atoms with van der Waals surface area (Å²) in [6.07, 6.45) is 3.56. The summed E-state index contributed by atoms with van der Waals surface area (Å²) >= 11 is 6.43. The zero-order chi connectivity index (χ0) is 19.4. The lowest BCUT2D eigenvalue weighted by Gasteiger charge is -2.14. The summed E-state index contributed by atoms with van der Waals surface area (Å²) < 4.78 is 0. The fourth-order valence-corrected chi connectivity index (χ4v) is 3.28. The standard InChI is InChI=1S/C23H23ClN2O/c1-15-5-4-6-17(11-15)19-12-16(2)13-20(23(19)27)18-7-8-22(21(24)14-18)26-10-9-25-3/h4-14,25-27H,1-3H3/b10-9-. The third-order valence-electron chi connectivity index (χ3n) is 4.35. The van der Waals surface area contributed by atoms with Crippen LogP contribution in [0.15, 0.2) is 67.0 Å². The van der Waals surface area contributed by atoms with Crippen LogP contribution in [-0.2, 0) is 0 Å². The van der Waals surface area contributed by atoms with Gasteiger partial charge >= 0.3 is 0 Å². The first kappa shape index (κ1) is 18.9. The van der Waals surface area contributed by atoms with E-state index >= 15 is 0 Å². The topological polar surface area (TPSA) is 44.3 Å². The lowest BCUT2D eigenvalue weighted by atomic mass is 9.94. The minimum atomic E-state index is 0.262. The van der Waals surface area contributed by atoms with E-state index in [9.17, 15) is 5.11 Å². The van der Waals surface area contributed by atoms with Gasteiger partial charge in [-0.15, -0.1) is 0 Å². The highest BCUT2D eigenvalue weighted by Gasteiger charge is 2.13. The fourth-order valence-electron chi connectivity index (χ4n) is 3.05. The van der Waals surface area contributed by atoms with Crippen LogP contribution in [0.25, 0.3) is 22.3 Å². The maximum Gasteiger partial charge on any atom is 0.131 e. The molecule has 4 heteroatoms. The fraction of sp³-hybridized carbons (Fsp3) is 0.130. The maximum absolute atomic E-state index is 11.0. The molecule has 0 saturated carbocycles. The van der Waals surface area contributed by atoms with Gasteiger partial charge in [0.2, 0.25) is 0 Å². The molecule has 27 heavy (non-hydrogen) atoms. The highest BCUT2D eigenvalue weighted by Crippen LogP contribution is 2.40. The third-order valence-corrected chi connectivity index (χ3v) is 4.66. The molecule has 0 amide bonds. The minimum absolute atomic E-state index is 0.262. The number of halogens is 1. The van der Waals surface area contributed by atoms with E-state index in [0.29, 0.717) is 5.02 Å². The van der Waals surface area contributed by atoms with Crippen molar-refractivity contribution in [2.45, 2.75) is 13.8 Å². The molecule has 0 radical (unpaired) electrons. The number of hydrogen-bond donors (Lipinski definition) is 3. The van der Waals surface area contributed by atoms with Gasteiger partial charge in [0, 0.05) is 30.6 Å². The number of hydrogen-bond acceptors (Lipinski definition) is 3. The monoisotopic (exact) mass is 378 g/mol. The average molecular weight is 379 g/mol. The summed E-state index contributed by atoms with van der Waals surface area (Å²) in [5.41, 5.74) is 6.50. The van der Waals surface area contributed by atoms with E-state index in [1.54, 1.807) is 12.4 Å². The SMILES string of the molecule is CN/C=C\Nc1ccc(-c2cc(C)cc(-c3cccc(C)c3)c2O)cc1Cl. The van der Waals surface area contributed by atoms with Gasteiger partial charge in [-0.05, 0) is 54.8 Å². The zero-order valence-electron chi connectivity index (χ0n) is 15.7. The Kier molecular flexibility index (Phi) is 5.72. The van der Waals surface area contributed by atoms with Gasteiger partial charge in [-0.2, -0.15) is 0 Å². The molecule has 3 N–H and O–H groups in total. The molecule has 138 valence electrons. The summed E-state index contributed by atoms with van der Waals surface area (Å²) in [5.74, 6) is 0.262. The van der Waals surface area contributed by atoms with Crippen LogP contribution >= 0.6 is 11.6 Å². The van der Waals surface area contributed by atoms with Crippen molar-refractivity contribution >= 4 is 17.3 Å². The van der Waals surface area contributed by atoms with Crippen molar-refractivity contribution in [2.75, 3.05) is 12.4 Å². The Morgan fingerprint density at radius 2 is 1.56 bits per heavy atom. The van der Waals surface area contributed by atoms with Crippen LogP contribution in [0.1, 0.15) is 11.1 Å². The summed E-state index contributed by atoms with van der Waals surface area (Å²) in [7, 11) is 1.83. The summed E-state index contributed by atoms with van der Waals surface area (Å²) in [6.45, 7) is 4.08. The Labute approximate surface area is 165 Å². The van der Waals surface area contributed by atoms with E-state index in [4.69, 9.17) is 11.6 Å². The Hall–Kier alpha value is -2.91. The number of nitrogens with one attached hydrogen (secondary N) is 2. The molecule has 0 bridgehead atoms. The number of phenols is 1. The molecule has 0 fully saturated rings. The average Bonchev–Trinajstić information content (AvgIpc) is 2.65. The van der Waals surface area contributed by atoms with E-state index in [0.717, 1.165) is 39.1 Å². The minimum Gasteiger partial charge on any atom is -0.507 e. The molecule has 0 saturated heterocycles. The highest BCUT2D eigenvalue weighted by molar-refractivity contribution is 6.33. The molecule has 3 rings (SSSR count). The van der Waals surface area contributed by atoms with Gasteiger partial charge in [0.15, 0.2) is 0 Å². The first-order valence-corrected chi connectivity index (χ1v) is 9.17. The molecule has 0 aliphatic heterocycles. The predicted octanol–water partition coefficient (Wildman–Crippen LogP) is 6.10. The number of aromatic hydroxyl groups is 1. The lowest BCUT2D eigenvalue weighted by Crippen LogP contribution is -1.96. The van der Waals surface area contributed by atoms with Crippen molar-refractivity contribution in [1.82, 2.24) is 5.32 Å². The molecule has 3 aromatic rings. The van der Waals surface area contributed by atoms with Crippen LogP contribution in [0, 0.1) is 13.8 Å². The molecule has 0 atom stereocenters. The highest BCUT2D eigenvalue weighted by atomic mass is 35.5. The van der Waals surface area contributed by atoms with Gasteiger partial charge in [0.1, 0.15) is 5.75 Å². The van der Waals surface area contributed by atoms with Crippen molar-refractivity contribution < 1.29 is 5.11 Å². The van der Waals surface area contributed by atoms with Crippen molar-refractivity contribution in [1.29, 1.82) is 0 Å². The van der Waals surface area contributed by atoms with Gasteiger partial charge in [0.25, 0.3) is 0 Å². The van der Waals surface area contributed by atoms with Crippen LogP contribution in [-0.4, -0.2) is 12.2 Å².